The van der Waals surface area contributed by atoms with E-state index in [1.807, 2.05) is 0 Å². The number of carbonyl (C=O) groups excluding carboxylic acids is 1. The van der Waals surface area contributed by atoms with Gasteiger partial charge in [-0.25, -0.2) is 0 Å². The van der Waals surface area contributed by atoms with Gasteiger partial charge in [0.05, 0.1) is 4.92 Å². The SMILES string of the molecule is O=C(COc1ccc(Cl)cc1[N+](=O)[O-])Nc1ccc2c(c1)OC1(CCCC1)O2. The Morgan fingerprint density at radius 2 is 1.93 bits per heavy atom. The molecule has 0 atom stereocenters. The van der Waals surface area contributed by atoms with Crippen LogP contribution in [0.1, 0.15) is 25.7 Å². The fourth-order valence-electron chi connectivity index (χ4n) is 3.38. The van der Waals surface area contributed by atoms with Gasteiger partial charge in [0.25, 0.3) is 11.7 Å². The van der Waals surface area contributed by atoms with E-state index in [4.69, 9.17) is 25.8 Å². The van der Waals surface area contributed by atoms with Crippen molar-refractivity contribution in [3.05, 3.63) is 51.5 Å². The Balaban J connectivity index is 1.39. The van der Waals surface area contributed by atoms with Gasteiger partial charge in [-0.2, -0.15) is 0 Å². The van der Waals surface area contributed by atoms with Crippen molar-refractivity contribution in [1.82, 2.24) is 0 Å². The molecule has 1 spiro atoms. The predicted molar refractivity (Wildman–Crippen MR) is 101 cm³/mol. The van der Waals surface area contributed by atoms with Crippen LogP contribution in [0.4, 0.5) is 11.4 Å². The number of halogens is 1. The van der Waals surface area contributed by atoms with Crippen molar-refractivity contribution in [3.63, 3.8) is 0 Å². The summed E-state index contributed by atoms with van der Waals surface area (Å²) in [6.07, 6.45) is 3.81. The number of fused-ring (bicyclic) bond motifs is 1. The average molecular weight is 405 g/mol. The second-order valence-electron chi connectivity index (χ2n) is 6.69. The molecular formula is C19H17ClN2O6. The second kappa shape index (κ2) is 7.20. The largest absolute Gasteiger partial charge is 0.477 e. The lowest BCUT2D eigenvalue weighted by molar-refractivity contribution is -0.385. The van der Waals surface area contributed by atoms with Gasteiger partial charge in [0.1, 0.15) is 0 Å². The highest BCUT2D eigenvalue weighted by molar-refractivity contribution is 6.30. The molecule has 4 rings (SSSR count). The Kier molecular flexibility index (Phi) is 4.72. The number of benzene rings is 2. The predicted octanol–water partition coefficient (Wildman–Crippen LogP) is 4.31. The molecular weight excluding hydrogens is 388 g/mol. The molecule has 2 aromatic carbocycles. The number of nitrogens with zero attached hydrogens (tertiary/aromatic N) is 1. The molecule has 1 saturated carbocycles. The van der Waals surface area contributed by atoms with E-state index in [0.717, 1.165) is 25.7 Å². The third-order valence-corrected chi connectivity index (χ3v) is 4.90. The molecule has 1 aliphatic carbocycles. The van der Waals surface area contributed by atoms with Gasteiger partial charge in [0.2, 0.25) is 0 Å². The molecule has 28 heavy (non-hydrogen) atoms. The number of nitrogens with one attached hydrogen (secondary N) is 1. The molecule has 9 heteroatoms. The van der Waals surface area contributed by atoms with Crippen LogP contribution in [0.3, 0.4) is 0 Å². The van der Waals surface area contributed by atoms with E-state index in [9.17, 15) is 14.9 Å². The summed E-state index contributed by atoms with van der Waals surface area (Å²) in [4.78, 5) is 22.6. The van der Waals surface area contributed by atoms with Crippen LogP contribution < -0.4 is 19.5 Å². The minimum atomic E-state index is -0.615. The molecule has 0 aromatic heterocycles. The molecule has 0 bridgehead atoms. The van der Waals surface area contributed by atoms with Crippen LogP contribution in [0.25, 0.3) is 0 Å². The maximum atomic E-state index is 12.2. The second-order valence-corrected chi connectivity index (χ2v) is 7.13. The maximum Gasteiger partial charge on any atom is 0.312 e. The molecule has 146 valence electrons. The van der Waals surface area contributed by atoms with Crippen molar-refractivity contribution >= 4 is 28.9 Å². The number of hydrogen-bond donors (Lipinski definition) is 1. The average Bonchev–Trinajstić information content (AvgIpc) is 3.26. The van der Waals surface area contributed by atoms with E-state index >= 15 is 0 Å². The van der Waals surface area contributed by atoms with Crippen molar-refractivity contribution in [2.75, 3.05) is 11.9 Å². The van der Waals surface area contributed by atoms with Crippen molar-refractivity contribution in [3.8, 4) is 17.2 Å². The summed E-state index contributed by atoms with van der Waals surface area (Å²) < 4.78 is 17.2. The Hall–Kier alpha value is -3.00. The number of nitro benzene ring substituents is 1. The first-order valence-electron chi connectivity index (χ1n) is 8.83. The zero-order chi connectivity index (χ0) is 19.7. The Bertz CT molecular complexity index is 942. The molecule has 1 fully saturated rings. The smallest absolute Gasteiger partial charge is 0.312 e. The van der Waals surface area contributed by atoms with Crippen LogP contribution >= 0.6 is 11.6 Å². The molecule has 0 unspecified atom stereocenters. The van der Waals surface area contributed by atoms with Crippen LogP contribution in [0, 0.1) is 10.1 Å². The lowest BCUT2D eigenvalue weighted by atomic mass is 10.2. The molecule has 0 radical (unpaired) electrons. The van der Waals surface area contributed by atoms with Gasteiger partial charge >= 0.3 is 5.69 Å². The minimum Gasteiger partial charge on any atom is -0.477 e. The van der Waals surface area contributed by atoms with E-state index in [1.165, 1.54) is 18.2 Å². The highest BCUT2D eigenvalue weighted by atomic mass is 35.5. The van der Waals surface area contributed by atoms with Crippen LogP contribution in [0.5, 0.6) is 17.2 Å². The van der Waals surface area contributed by atoms with Crippen LogP contribution in [0.2, 0.25) is 5.02 Å². The summed E-state index contributed by atoms with van der Waals surface area (Å²) in [5.41, 5.74) is 0.224. The fourth-order valence-corrected chi connectivity index (χ4v) is 3.55. The van der Waals surface area contributed by atoms with E-state index < -0.39 is 16.6 Å². The number of nitro groups is 1. The van der Waals surface area contributed by atoms with E-state index in [0.29, 0.717) is 17.2 Å². The van der Waals surface area contributed by atoms with Crippen molar-refractivity contribution < 1.29 is 23.9 Å². The third-order valence-electron chi connectivity index (χ3n) is 4.66. The normalized spacial score (nSPS) is 16.2. The summed E-state index contributed by atoms with van der Waals surface area (Å²) in [6.45, 7) is -0.388. The van der Waals surface area contributed by atoms with Gasteiger partial charge in [-0.1, -0.05) is 11.6 Å². The number of carbonyl (C=O) groups is 1. The van der Waals surface area contributed by atoms with E-state index in [2.05, 4.69) is 5.32 Å². The molecule has 1 aliphatic heterocycles. The summed E-state index contributed by atoms with van der Waals surface area (Å²) >= 11 is 5.76. The van der Waals surface area contributed by atoms with Crippen LogP contribution in [0.15, 0.2) is 36.4 Å². The lowest BCUT2D eigenvalue weighted by Gasteiger charge is -2.21. The fraction of sp³-hybridized carbons (Fsp3) is 0.316. The summed E-state index contributed by atoms with van der Waals surface area (Å²) in [5.74, 6) is 0.195. The first-order chi connectivity index (χ1) is 13.4. The highest BCUT2D eigenvalue weighted by Gasteiger charge is 2.44. The highest BCUT2D eigenvalue weighted by Crippen LogP contribution is 2.47. The molecule has 8 nitrogen and oxygen atoms in total. The summed E-state index contributed by atoms with van der Waals surface area (Å²) in [6, 6.07) is 9.14. The first kappa shape index (κ1) is 18.4. The standard InChI is InChI=1S/C19H17ClN2O6/c20-12-3-5-15(14(9-12)22(24)25)26-11-18(23)21-13-4-6-16-17(10-13)28-19(27-16)7-1-2-8-19/h3-6,9-10H,1-2,7-8,11H2,(H,21,23). The van der Waals surface area contributed by atoms with Crippen LogP contribution in [-0.4, -0.2) is 23.2 Å². The zero-order valence-corrected chi connectivity index (χ0v) is 15.5. The Labute approximate surface area is 165 Å². The Morgan fingerprint density at radius 3 is 2.68 bits per heavy atom. The quantitative estimate of drug-likeness (QED) is 0.588. The first-order valence-corrected chi connectivity index (χ1v) is 9.21. The summed E-state index contributed by atoms with van der Waals surface area (Å²) in [5, 5.41) is 14.0. The van der Waals surface area contributed by atoms with Crippen LogP contribution in [-0.2, 0) is 4.79 Å². The van der Waals surface area contributed by atoms with E-state index in [-0.39, 0.29) is 23.1 Å². The summed E-state index contributed by atoms with van der Waals surface area (Å²) in [7, 11) is 0. The third kappa shape index (κ3) is 3.68. The monoisotopic (exact) mass is 404 g/mol. The molecule has 0 saturated heterocycles. The lowest BCUT2D eigenvalue weighted by Crippen LogP contribution is -2.34. The number of ether oxygens (including phenoxy) is 3. The minimum absolute atomic E-state index is 0.0292. The van der Waals surface area contributed by atoms with Crippen molar-refractivity contribution in [2.45, 2.75) is 31.5 Å². The van der Waals surface area contributed by atoms with Crippen molar-refractivity contribution in [1.29, 1.82) is 0 Å². The topological polar surface area (TPSA) is 99.9 Å². The molecule has 2 aromatic rings. The molecule has 1 amide bonds. The van der Waals surface area contributed by atoms with Gasteiger partial charge in [-0.3, -0.25) is 14.9 Å². The van der Waals surface area contributed by atoms with Gasteiger partial charge < -0.3 is 19.5 Å². The molecule has 1 N–H and O–H groups in total. The molecule has 2 aliphatic rings. The van der Waals surface area contributed by atoms with E-state index in [1.54, 1.807) is 18.2 Å². The molecule has 1 heterocycles. The van der Waals surface area contributed by atoms with Gasteiger partial charge in [-0.15, -0.1) is 0 Å². The number of rotatable bonds is 5. The van der Waals surface area contributed by atoms with Gasteiger partial charge in [0, 0.05) is 35.7 Å². The number of anilines is 1. The van der Waals surface area contributed by atoms with Gasteiger partial charge in [0.15, 0.2) is 23.9 Å². The van der Waals surface area contributed by atoms with Gasteiger partial charge in [-0.05, 0) is 37.1 Å². The number of hydrogen-bond acceptors (Lipinski definition) is 6. The van der Waals surface area contributed by atoms with Crippen molar-refractivity contribution in [2.24, 2.45) is 0 Å². The zero-order valence-electron chi connectivity index (χ0n) is 14.8. The number of amides is 1. The Morgan fingerprint density at radius 1 is 1.18 bits per heavy atom. The maximum absolute atomic E-state index is 12.2.